The van der Waals surface area contributed by atoms with Gasteiger partial charge in [-0.15, -0.1) is 0 Å². The highest BCUT2D eigenvalue weighted by atomic mass is 35.5. The zero-order valence-electron chi connectivity index (χ0n) is 19.2. The van der Waals surface area contributed by atoms with Gasteiger partial charge in [-0.05, 0) is 81.8 Å². The molecule has 0 aliphatic heterocycles. The molecule has 176 valence electrons. The average Bonchev–Trinajstić information content (AvgIpc) is 2.72. The lowest BCUT2D eigenvalue weighted by molar-refractivity contribution is -0.136. The fourth-order valence-corrected chi connectivity index (χ4v) is 4.72. The Bertz CT molecular complexity index is 848. The molecular weight excluding hydrogens is 444 g/mol. The van der Waals surface area contributed by atoms with E-state index in [0.717, 1.165) is 29.7 Å². The summed E-state index contributed by atoms with van der Waals surface area (Å²) >= 11 is 7.81. The number of rotatable bonds is 14. The van der Waals surface area contributed by atoms with E-state index in [2.05, 4.69) is 43.4 Å². The van der Waals surface area contributed by atoms with E-state index in [4.69, 9.17) is 16.7 Å². The molecule has 1 atom stereocenters. The minimum Gasteiger partial charge on any atom is -0.481 e. The fraction of sp³-hybridized carbons (Fsp3) is 0.480. The van der Waals surface area contributed by atoms with Crippen molar-refractivity contribution < 1.29 is 15.0 Å². The summed E-state index contributed by atoms with van der Waals surface area (Å²) in [5.74, 6) is -0.832. The van der Waals surface area contributed by atoms with Crippen LogP contribution in [0.25, 0.3) is 0 Å². The zero-order chi connectivity index (χ0) is 23.6. The topological polar surface area (TPSA) is 72.8 Å². The SMILES string of the molecule is CN(C[C@H](O)CNC(C)(C)CCCc1ccccc1)Sc1ccc(CCC(=O)O)c(Cl)c1. The number of likely N-dealkylation sites (N-methyl/N-ethyl adjacent to an activating group) is 1. The monoisotopic (exact) mass is 478 g/mol. The summed E-state index contributed by atoms with van der Waals surface area (Å²) < 4.78 is 1.98. The van der Waals surface area contributed by atoms with Crippen LogP contribution in [0.15, 0.2) is 53.4 Å². The standard InChI is InChI=1S/C25H35ClN2O3S/c1-25(2,15-7-10-19-8-5-4-6-9-19)27-17-21(29)18-28(3)32-22-13-11-20(23(26)16-22)12-14-24(30)31/h4-6,8-9,11,13,16,21,27,29H,7,10,12,14-15,17-18H2,1-3H3,(H,30,31)/t21-/m1/s1. The molecular formula is C25H35ClN2O3S. The summed E-state index contributed by atoms with van der Waals surface area (Å²) in [7, 11) is 1.94. The highest BCUT2D eigenvalue weighted by molar-refractivity contribution is 7.97. The number of halogens is 1. The molecule has 0 aliphatic rings. The minimum absolute atomic E-state index is 0.0409. The lowest BCUT2D eigenvalue weighted by Crippen LogP contribution is -2.45. The summed E-state index contributed by atoms with van der Waals surface area (Å²) in [5.41, 5.74) is 2.15. The lowest BCUT2D eigenvalue weighted by atomic mass is 9.95. The van der Waals surface area contributed by atoms with Gasteiger partial charge in [-0.25, -0.2) is 4.31 Å². The summed E-state index contributed by atoms with van der Waals surface area (Å²) in [4.78, 5) is 11.7. The van der Waals surface area contributed by atoms with E-state index in [1.165, 1.54) is 17.5 Å². The number of aliphatic carboxylic acids is 1. The molecule has 32 heavy (non-hydrogen) atoms. The summed E-state index contributed by atoms with van der Waals surface area (Å²) in [5, 5.41) is 23.4. The molecule has 0 saturated heterocycles. The van der Waals surface area contributed by atoms with Gasteiger partial charge < -0.3 is 15.5 Å². The third-order valence-electron chi connectivity index (χ3n) is 5.29. The van der Waals surface area contributed by atoms with Gasteiger partial charge in [0.05, 0.1) is 6.10 Å². The van der Waals surface area contributed by atoms with Crippen LogP contribution in [0.1, 0.15) is 44.2 Å². The Labute approximate surface area is 201 Å². The quantitative estimate of drug-likeness (QED) is 0.330. The summed E-state index contributed by atoms with van der Waals surface area (Å²) in [6.07, 6.45) is 3.18. The highest BCUT2D eigenvalue weighted by Gasteiger charge is 2.19. The first-order valence-electron chi connectivity index (χ1n) is 11.0. The number of aryl methyl sites for hydroxylation is 2. The number of hydrogen-bond acceptors (Lipinski definition) is 5. The largest absolute Gasteiger partial charge is 0.481 e. The smallest absolute Gasteiger partial charge is 0.303 e. The minimum atomic E-state index is -0.832. The van der Waals surface area contributed by atoms with Gasteiger partial charge in [0.25, 0.3) is 0 Å². The van der Waals surface area contributed by atoms with E-state index in [0.29, 0.717) is 24.5 Å². The molecule has 0 radical (unpaired) electrons. The number of aliphatic hydroxyl groups is 1. The van der Waals surface area contributed by atoms with Crippen molar-refractivity contribution in [1.29, 1.82) is 0 Å². The van der Waals surface area contributed by atoms with E-state index in [9.17, 15) is 9.90 Å². The Hall–Kier alpha value is -1.57. The molecule has 3 N–H and O–H groups in total. The maximum atomic E-state index is 10.7. The third kappa shape index (κ3) is 10.4. The van der Waals surface area contributed by atoms with Gasteiger partial charge in [-0.1, -0.05) is 48.0 Å². The molecule has 0 heterocycles. The molecule has 0 amide bonds. The first-order chi connectivity index (χ1) is 15.1. The lowest BCUT2D eigenvalue weighted by Gasteiger charge is -2.29. The molecule has 5 nitrogen and oxygen atoms in total. The van der Waals surface area contributed by atoms with Gasteiger partial charge in [0.1, 0.15) is 0 Å². The zero-order valence-corrected chi connectivity index (χ0v) is 20.8. The number of nitrogens with zero attached hydrogens (tertiary/aromatic N) is 1. The number of aliphatic hydroxyl groups excluding tert-OH is 1. The van der Waals surface area contributed by atoms with Crippen molar-refractivity contribution in [1.82, 2.24) is 9.62 Å². The van der Waals surface area contributed by atoms with Gasteiger partial charge in [-0.2, -0.15) is 0 Å². The normalized spacial score (nSPS) is 12.8. The molecule has 0 aliphatic carbocycles. The van der Waals surface area contributed by atoms with Crippen LogP contribution in [-0.2, 0) is 17.6 Å². The summed E-state index contributed by atoms with van der Waals surface area (Å²) in [6.45, 7) is 5.39. The second-order valence-corrected chi connectivity index (χ2v) is 10.5. The number of carbonyl (C=O) groups is 1. The van der Waals surface area contributed by atoms with Crippen molar-refractivity contribution in [2.24, 2.45) is 0 Å². The number of benzene rings is 2. The maximum absolute atomic E-state index is 10.7. The first-order valence-corrected chi connectivity index (χ1v) is 12.2. The van der Waals surface area contributed by atoms with Gasteiger partial charge >= 0.3 is 5.97 Å². The second kappa shape index (κ2) is 13.2. The third-order valence-corrected chi connectivity index (χ3v) is 6.57. The average molecular weight is 479 g/mol. The Balaban J connectivity index is 1.72. The van der Waals surface area contributed by atoms with Crippen molar-refractivity contribution in [2.45, 2.75) is 62.5 Å². The van der Waals surface area contributed by atoms with Crippen LogP contribution in [0, 0.1) is 0 Å². The van der Waals surface area contributed by atoms with E-state index < -0.39 is 12.1 Å². The number of β-amino-alcohol motifs (C(OH)–C–C–N with tert-alkyl or cyclic N) is 1. The number of carboxylic acids is 1. The van der Waals surface area contributed by atoms with E-state index in [1.807, 2.05) is 35.6 Å². The van der Waals surface area contributed by atoms with Crippen molar-refractivity contribution in [2.75, 3.05) is 20.1 Å². The van der Waals surface area contributed by atoms with Crippen LogP contribution in [0.4, 0.5) is 0 Å². The number of hydrogen-bond donors (Lipinski definition) is 3. The van der Waals surface area contributed by atoms with Crippen LogP contribution in [0.3, 0.4) is 0 Å². The molecule has 0 saturated carbocycles. The molecule has 2 aromatic rings. The molecule has 7 heteroatoms. The maximum Gasteiger partial charge on any atom is 0.303 e. The van der Waals surface area contributed by atoms with Crippen molar-refractivity contribution in [3.63, 3.8) is 0 Å². The Morgan fingerprint density at radius 1 is 1.19 bits per heavy atom. The molecule has 0 aromatic heterocycles. The van der Waals surface area contributed by atoms with E-state index in [1.54, 1.807) is 0 Å². The summed E-state index contributed by atoms with van der Waals surface area (Å²) in [6, 6.07) is 16.2. The van der Waals surface area contributed by atoms with Gasteiger partial charge in [0.2, 0.25) is 0 Å². The molecule has 0 fully saturated rings. The van der Waals surface area contributed by atoms with Crippen molar-refractivity contribution in [3.8, 4) is 0 Å². The van der Waals surface area contributed by atoms with Crippen molar-refractivity contribution in [3.05, 3.63) is 64.7 Å². The predicted molar refractivity (Wildman–Crippen MR) is 133 cm³/mol. The Morgan fingerprint density at radius 2 is 1.91 bits per heavy atom. The van der Waals surface area contributed by atoms with E-state index >= 15 is 0 Å². The van der Waals surface area contributed by atoms with Crippen LogP contribution in [-0.4, -0.2) is 52.3 Å². The highest BCUT2D eigenvalue weighted by Crippen LogP contribution is 2.27. The predicted octanol–water partition coefficient (Wildman–Crippen LogP) is 5.05. The van der Waals surface area contributed by atoms with Gasteiger partial charge in [-0.3, -0.25) is 4.79 Å². The Morgan fingerprint density at radius 3 is 2.56 bits per heavy atom. The van der Waals surface area contributed by atoms with Gasteiger partial charge in [0.15, 0.2) is 0 Å². The van der Waals surface area contributed by atoms with Crippen LogP contribution < -0.4 is 5.32 Å². The van der Waals surface area contributed by atoms with Crippen LogP contribution in [0.2, 0.25) is 5.02 Å². The molecule has 2 rings (SSSR count). The van der Waals surface area contributed by atoms with Gasteiger partial charge in [0, 0.05) is 35.0 Å². The fourth-order valence-electron chi connectivity index (χ4n) is 3.47. The Kier molecular flexibility index (Phi) is 11.0. The van der Waals surface area contributed by atoms with Crippen molar-refractivity contribution >= 4 is 29.5 Å². The molecule has 2 aromatic carbocycles. The molecule has 0 spiro atoms. The first kappa shape index (κ1) is 26.7. The van der Waals surface area contributed by atoms with Crippen LogP contribution >= 0.6 is 23.5 Å². The second-order valence-electron chi connectivity index (χ2n) is 8.81. The molecule has 0 unspecified atom stereocenters. The number of nitrogens with one attached hydrogen (secondary N) is 1. The number of carboxylic acid groups (broad SMARTS) is 1. The molecule has 0 bridgehead atoms. The van der Waals surface area contributed by atoms with E-state index in [-0.39, 0.29) is 12.0 Å². The van der Waals surface area contributed by atoms with Crippen LogP contribution in [0.5, 0.6) is 0 Å².